The van der Waals surface area contributed by atoms with E-state index in [9.17, 15) is 0 Å². The molecule has 0 N–H and O–H groups in total. The summed E-state index contributed by atoms with van der Waals surface area (Å²) in [5, 5.41) is 4.92. The van der Waals surface area contributed by atoms with Crippen molar-refractivity contribution in [3.05, 3.63) is 76.9 Å². The zero-order chi connectivity index (χ0) is 18.9. The molecule has 0 spiro atoms. The van der Waals surface area contributed by atoms with Gasteiger partial charge in [0.15, 0.2) is 17.3 Å². The summed E-state index contributed by atoms with van der Waals surface area (Å²) in [7, 11) is 0. The van der Waals surface area contributed by atoms with Gasteiger partial charge in [-0.25, -0.2) is 9.97 Å². The van der Waals surface area contributed by atoms with E-state index in [2.05, 4.69) is 20.0 Å². The third-order valence-electron chi connectivity index (χ3n) is 4.83. The molecule has 0 radical (unpaired) electrons. The molecule has 0 saturated carbocycles. The van der Waals surface area contributed by atoms with Gasteiger partial charge in [-0.1, -0.05) is 16.8 Å². The van der Waals surface area contributed by atoms with Crippen molar-refractivity contribution in [3.63, 3.8) is 0 Å². The fraction of sp³-hybridized carbons (Fsp3) is 0.190. The number of halogens is 1. The first kappa shape index (κ1) is 17.2. The van der Waals surface area contributed by atoms with Crippen LogP contribution in [-0.4, -0.2) is 26.6 Å². The second-order valence-electron chi connectivity index (χ2n) is 6.79. The van der Waals surface area contributed by atoms with Crippen LogP contribution in [0.2, 0.25) is 5.02 Å². The molecular weight excluding hydrogens is 376 g/mol. The zero-order valence-corrected chi connectivity index (χ0v) is 15.8. The van der Waals surface area contributed by atoms with Crippen LogP contribution in [0.15, 0.2) is 63.9 Å². The molecule has 0 amide bonds. The Hall–Kier alpha value is -2.96. The average Bonchev–Trinajstić information content (AvgIpc) is 3.41. The van der Waals surface area contributed by atoms with Crippen molar-refractivity contribution >= 4 is 11.6 Å². The van der Waals surface area contributed by atoms with E-state index in [1.807, 2.05) is 48.7 Å². The van der Waals surface area contributed by atoms with E-state index in [1.165, 1.54) is 0 Å². The van der Waals surface area contributed by atoms with E-state index in [0.717, 1.165) is 54.3 Å². The van der Waals surface area contributed by atoms with E-state index in [4.69, 9.17) is 20.5 Å². The third-order valence-corrected chi connectivity index (χ3v) is 5.08. The lowest BCUT2D eigenvalue weighted by Gasteiger charge is -2.27. The predicted octanol–water partition coefficient (Wildman–Crippen LogP) is 4.60. The Morgan fingerprint density at radius 3 is 2.82 bits per heavy atom. The van der Waals surface area contributed by atoms with Crippen LogP contribution in [-0.2, 0) is 19.5 Å². The fourth-order valence-electron chi connectivity index (χ4n) is 3.40. The average molecular weight is 393 g/mol. The lowest BCUT2D eigenvalue weighted by Crippen LogP contribution is -2.31. The minimum absolute atomic E-state index is 0.640. The van der Waals surface area contributed by atoms with Crippen LogP contribution in [0.25, 0.3) is 22.9 Å². The summed E-state index contributed by atoms with van der Waals surface area (Å²) in [5.41, 5.74) is 4.09. The number of nitrogens with zero attached hydrogens (tertiary/aromatic N) is 4. The second kappa shape index (κ2) is 7.22. The number of aromatic nitrogens is 3. The van der Waals surface area contributed by atoms with Crippen LogP contribution in [0.4, 0.5) is 0 Å². The summed E-state index contributed by atoms with van der Waals surface area (Å²) in [5.74, 6) is 2.08. The monoisotopic (exact) mass is 392 g/mol. The molecule has 28 heavy (non-hydrogen) atoms. The van der Waals surface area contributed by atoms with Crippen molar-refractivity contribution in [2.75, 3.05) is 6.54 Å². The van der Waals surface area contributed by atoms with Crippen LogP contribution >= 0.6 is 11.6 Å². The molecule has 3 aromatic heterocycles. The Kier molecular flexibility index (Phi) is 4.43. The molecule has 0 atom stereocenters. The van der Waals surface area contributed by atoms with Gasteiger partial charge in [-0.2, -0.15) is 0 Å². The maximum atomic E-state index is 5.94. The van der Waals surface area contributed by atoms with Crippen LogP contribution < -0.4 is 0 Å². The highest BCUT2D eigenvalue weighted by Gasteiger charge is 2.20. The van der Waals surface area contributed by atoms with Gasteiger partial charge in [0.05, 0.1) is 17.7 Å². The van der Waals surface area contributed by atoms with Crippen molar-refractivity contribution < 1.29 is 8.94 Å². The highest BCUT2D eigenvalue weighted by Crippen LogP contribution is 2.25. The molecule has 6 nitrogen and oxygen atoms in total. The first-order valence-electron chi connectivity index (χ1n) is 9.07. The van der Waals surface area contributed by atoms with Crippen molar-refractivity contribution in [1.82, 2.24) is 20.0 Å². The summed E-state index contributed by atoms with van der Waals surface area (Å²) in [6, 6.07) is 13.2. The molecule has 0 saturated heterocycles. The Morgan fingerprint density at radius 2 is 2.00 bits per heavy atom. The van der Waals surface area contributed by atoms with Gasteiger partial charge in [-0.05, 0) is 36.4 Å². The normalized spacial score (nSPS) is 14.2. The smallest absolute Gasteiger partial charge is 0.195 e. The second-order valence-corrected chi connectivity index (χ2v) is 7.23. The lowest BCUT2D eigenvalue weighted by atomic mass is 10.1. The Labute approximate surface area is 166 Å². The summed E-state index contributed by atoms with van der Waals surface area (Å²) in [6.45, 7) is 2.41. The van der Waals surface area contributed by atoms with Gasteiger partial charge in [-0.15, -0.1) is 0 Å². The van der Waals surface area contributed by atoms with Crippen molar-refractivity contribution in [2.45, 2.75) is 19.5 Å². The standard InChI is InChI=1S/C21H17ClN4O2/c22-16-5-3-14(4-6-16)20-10-17(25-28-20)13-26-8-7-18-15(12-26)11-23-21(24-18)19-2-1-9-27-19/h1-6,9-11H,7-8,12-13H2. The SMILES string of the molecule is Clc1ccc(-c2cc(CN3CCc4nc(-c5ccco5)ncc4C3)no2)cc1. The van der Waals surface area contributed by atoms with Crippen molar-refractivity contribution in [1.29, 1.82) is 0 Å². The quantitative estimate of drug-likeness (QED) is 0.505. The first-order valence-corrected chi connectivity index (χ1v) is 9.45. The van der Waals surface area contributed by atoms with E-state index in [0.29, 0.717) is 16.6 Å². The van der Waals surface area contributed by atoms with E-state index in [-0.39, 0.29) is 0 Å². The largest absolute Gasteiger partial charge is 0.461 e. The fourth-order valence-corrected chi connectivity index (χ4v) is 3.53. The molecule has 0 unspecified atom stereocenters. The maximum absolute atomic E-state index is 5.94. The molecule has 0 aliphatic carbocycles. The molecule has 7 heteroatoms. The van der Waals surface area contributed by atoms with Crippen molar-refractivity contribution in [2.24, 2.45) is 0 Å². The number of fused-ring (bicyclic) bond motifs is 1. The molecule has 1 aromatic carbocycles. The van der Waals surface area contributed by atoms with E-state index < -0.39 is 0 Å². The maximum Gasteiger partial charge on any atom is 0.195 e. The first-order chi connectivity index (χ1) is 13.7. The Bertz CT molecular complexity index is 1090. The molecule has 0 bridgehead atoms. The number of rotatable bonds is 4. The molecule has 5 rings (SSSR count). The van der Waals surface area contributed by atoms with Crippen LogP contribution in [0, 0.1) is 0 Å². The Balaban J connectivity index is 1.29. The summed E-state index contributed by atoms with van der Waals surface area (Å²) >= 11 is 5.94. The summed E-state index contributed by atoms with van der Waals surface area (Å²) in [6.07, 6.45) is 4.40. The van der Waals surface area contributed by atoms with E-state index in [1.54, 1.807) is 6.26 Å². The Morgan fingerprint density at radius 1 is 1.11 bits per heavy atom. The minimum Gasteiger partial charge on any atom is -0.461 e. The number of furan rings is 1. The zero-order valence-electron chi connectivity index (χ0n) is 15.0. The van der Waals surface area contributed by atoms with Crippen LogP contribution in [0.5, 0.6) is 0 Å². The van der Waals surface area contributed by atoms with Gasteiger partial charge >= 0.3 is 0 Å². The highest BCUT2D eigenvalue weighted by atomic mass is 35.5. The van der Waals surface area contributed by atoms with E-state index >= 15 is 0 Å². The van der Waals surface area contributed by atoms with Gasteiger partial charge in [0.2, 0.25) is 0 Å². The minimum atomic E-state index is 0.640. The molecular formula is C21H17ClN4O2. The van der Waals surface area contributed by atoms with Crippen LogP contribution in [0.1, 0.15) is 17.0 Å². The lowest BCUT2D eigenvalue weighted by molar-refractivity contribution is 0.235. The number of hydrogen-bond acceptors (Lipinski definition) is 6. The number of benzene rings is 1. The van der Waals surface area contributed by atoms with Crippen LogP contribution in [0.3, 0.4) is 0 Å². The molecule has 1 aliphatic heterocycles. The predicted molar refractivity (Wildman–Crippen MR) is 105 cm³/mol. The summed E-state index contributed by atoms with van der Waals surface area (Å²) < 4.78 is 10.9. The van der Waals surface area contributed by atoms with Gasteiger partial charge in [0.1, 0.15) is 0 Å². The van der Waals surface area contributed by atoms with Crippen molar-refractivity contribution in [3.8, 4) is 22.9 Å². The third kappa shape index (κ3) is 3.44. The molecule has 4 aromatic rings. The van der Waals surface area contributed by atoms with Gasteiger partial charge in [-0.3, -0.25) is 4.90 Å². The van der Waals surface area contributed by atoms with Gasteiger partial charge < -0.3 is 8.94 Å². The van der Waals surface area contributed by atoms with Gasteiger partial charge in [0.25, 0.3) is 0 Å². The topological polar surface area (TPSA) is 68.2 Å². The highest BCUT2D eigenvalue weighted by molar-refractivity contribution is 6.30. The molecule has 4 heterocycles. The summed E-state index contributed by atoms with van der Waals surface area (Å²) in [4.78, 5) is 11.4. The molecule has 140 valence electrons. The number of hydrogen-bond donors (Lipinski definition) is 0. The molecule has 0 fully saturated rings. The molecule has 1 aliphatic rings. The van der Waals surface area contributed by atoms with Gasteiger partial charge in [0, 0.05) is 54.5 Å².